The minimum Gasteiger partial charge on any atom is -0.326 e. The molecule has 0 aliphatic rings. The number of benzene rings is 2. The largest absolute Gasteiger partial charge is 0.501 e. The van der Waals surface area contributed by atoms with Gasteiger partial charge in [0.25, 0.3) is 15.5 Å². The second-order valence-corrected chi connectivity index (χ2v) is 10.3. The molecule has 2 rings (SSSR count). The summed E-state index contributed by atoms with van der Waals surface area (Å²) in [5.41, 5.74) is -6.86. The third-order valence-electron chi connectivity index (χ3n) is 3.86. The number of nitrogens with zero attached hydrogens (tertiary/aromatic N) is 1. The topological polar surface area (TPSA) is 170 Å². The van der Waals surface area contributed by atoms with E-state index >= 15 is 0 Å². The number of halogens is 3. The molecule has 2 aromatic carbocycles. The lowest BCUT2D eigenvalue weighted by atomic mass is 10.2. The lowest BCUT2D eigenvalue weighted by Gasteiger charge is -2.11. The van der Waals surface area contributed by atoms with Crippen molar-refractivity contribution in [2.45, 2.75) is 22.2 Å². The highest BCUT2D eigenvalue weighted by molar-refractivity contribution is 7.92. The predicted octanol–water partition coefficient (Wildman–Crippen LogP) is 2.26. The maximum atomic E-state index is 12.7. The van der Waals surface area contributed by atoms with E-state index in [0.717, 1.165) is 0 Å². The lowest BCUT2D eigenvalue weighted by Crippen LogP contribution is -2.25. The van der Waals surface area contributed by atoms with Crippen molar-refractivity contribution in [3.05, 3.63) is 52.6 Å². The summed E-state index contributed by atoms with van der Waals surface area (Å²) in [7, 11) is -10.8. The van der Waals surface area contributed by atoms with Crippen molar-refractivity contribution in [2.24, 2.45) is 0 Å². The molecule has 0 unspecified atom stereocenters. The number of anilines is 2. The Balaban J connectivity index is 2.35. The summed E-state index contributed by atoms with van der Waals surface area (Å²) in [5, 5.41) is 15.9. The Kier molecular flexibility index (Phi) is 7.13. The van der Waals surface area contributed by atoms with Gasteiger partial charge in [-0.2, -0.15) is 13.2 Å². The van der Waals surface area contributed by atoms with Gasteiger partial charge >= 0.3 is 5.51 Å². The first-order valence-corrected chi connectivity index (χ1v) is 11.7. The van der Waals surface area contributed by atoms with Crippen molar-refractivity contribution >= 4 is 48.6 Å². The minimum absolute atomic E-state index is 0.0372. The fraction of sp³-hybridized carbons (Fsp3) is 0.176. The number of carbonyl (C=O) groups excluding carboxylic acids is 2. The first kappa shape index (κ1) is 25.7. The van der Waals surface area contributed by atoms with Gasteiger partial charge in [-0.15, -0.1) is 0 Å². The van der Waals surface area contributed by atoms with E-state index in [9.17, 15) is 49.7 Å². The molecule has 2 N–H and O–H groups in total. The number of nitro benzene ring substituents is 1. The van der Waals surface area contributed by atoms with E-state index in [-0.39, 0.29) is 23.5 Å². The summed E-state index contributed by atoms with van der Waals surface area (Å²) in [4.78, 5) is 30.4. The van der Waals surface area contributed by atoms with Crippen molar-refractivity contribution in [1.82, 2.24) is 0 Å². The molecule has 0 saturated carbocycles. The summed E-state index contributed by atoms with van der Waals surface area (Å²) < 4.78 is 86.2. The molecule has 0 saturated heterocycles. The number of sulfone groups is 2. The van der Waals surface area contributed by atoms with Crippen LogP contribution in [0.5, 0.6) is 0 Å². The number of hydrogen-bond acceptors (Lipinski definition) is 8. The molecule has 0 atom stereocenters. The summed E-state index contributed by atoms with van der Waals surface area (Å²) in [6, 6.07) is 6.09. The second-order valence-electron chi connectivity index (χ2n) is 6.41. The third-order valence-corrected chi connectivity index (χ3v) is 7.01. The number of carbonyl (C=O) groups is 2. The van der Waals surface area contributed by atoms with E-state index < -0.39 is 63.2 Å². The zero-order chi connectivity index (χ0) is 25.2. The quantitative estimate of drug-likeness (QED) is 0.423. The Bertz CT molecular complexity index is 1340. The Labute approximate surface area is 184 Å². The number of alkyl halides is 3. The van der Waals surface area contributed by atoms with Crippen LogP contribution in [0.3, 0.4) is 0 Å². The molecule has 2 aromatic rings. The van der Waals surface area contributed by atoms with Gasteiger partial charge in [-0.3, -0.25) is 19.7 Å². The van der Waals surface area contributed by atoms with Crippen LogP contribution in [0.2, 0.25) is 0 Å². The van der Waals surface area contributed by atoms with Crippen molar-refractivity contribution in [3.63, 3.8) is 0 Å². The summed E-state index contributed by atoms with van der Waals surface area (Å²) in [5.74, 6) is -2.91. The predicted molar refractivity (Wildman–Crippen MR) is 108 cm³/mol. The molecular formula is C17H14F3N3O8S2. The van der Waals surface area contributed by atoms with Crippen LogP contribution in [0, 0.1) is 10.1 Å². The van der Waals surface area contributed by atoms with Gasteiger partial charge in [0.15, 0.2) is 9.84 Å². The molecule has 0 aliphatic carbocycles. The van der Waals surface area contributed by atoms with Crippen LogP contribution in [0.4, 0.5) is 30.2 Å². The Morgan fingerprint density at radius 3 is 2.09 bits per heavy atom. The molecule has 0 fully saturated rings. The molecule has 16 heteroatoms. The fourth-order valence-corrected chi connectivity index (χ4v) is 4.61. The fourth-order valence-electron chi connectivity index (χ4n) is 2.53. The first-order valence-electron chi connectivity index (χ1n) is 8.54. The maximum Gasteiger partial charge on any atom is 0.501 e. The van der Waals surface area contributed by atoms with Gasteiger partial charge < -0.3 is 10.6 Å². The molecule has 0 aliphatic heterocycles. The van der Waals surface area contributed by atoms with Crippen LogP contribution < -0.4 is 10.6 Å². The van der Waals surface area contributed by atoms with Crippen LogP contribution in [0.15, 0.2) is 52.3 Å². The molecule has 2 amide bonds. The zero-order valence-electron chi connectivity index (χ0n) is 16.4. The van der Waals surface area contributed by atoms with Gasteiger partial charge in [0.05, 0.1) is 9.82 Å². The summed E-state index contributed by atoms with van der Waals surface area (Å²) >= 11 is 0. The SMILES string of the molecule is CC(=O)Nc1cccc(NC(=O)CS(=O)(=O)c2ccc(S(=O)(=O)C(F)(F)F)cc2[N+](=O)[O-])c1. The average molecular weight is 509 g/mol. The molecular weight excluding hydrogens is 495 g/mol. The molecule has 33 heavy (non-hydrogen) atoms. The number of nitro groups is 1. The number of rotatable bonds is 7. The van der Waals surface area contributed by atoms with Crippen LogP contribution in [-0.4, -0.2) is 44.8 Å². The van der Waals surface area contributed by atoms with Crippen molar-refractivity contribution < 1.29 is 44.5 Å². The highest BCUT2D eigenvalue weighted by atomic mass is 32.2. The number of hydrogen-bond donors (Lipinski definition) is 2. The molecule has 0 radical (unpaired) electrons. The van der Waals surface area contributed by atoms with E-state index in [4.69, 9.17) is 0 Å². The highest BCUT2D eigenvalue weighted by Crippen LogP contribution is 2.34. The molecule has 11 nitrogen and oxygen atoms in total. The lowest BCUT2D eigenvalue weighted by molar-refractivity contribution is -0.388. The Morgan fingerprint density at radius 2 is 1.58 bits per heavy atom. The van der Waals surface area contributed by atoms with Crippen LogP contribution in [0.1, 0.15) is 6.92 Å². The average Bonchev–Trinajstić information content (AvgIpc) is 2.65. The monoisotopic (exact) mass is 509 g/mol. The normalized spacial score (nSPS) is 12.1. The van der Waals surface area contributed by atoms with Crippen LogP contribution >= 0.6 is 0 Å². The van der Waals surface area contributed by atoms with Crippen LogP contribution in [-0.2, 0) is 29.3 Å². The second kappa shape index (κ2) is 9.14. The standard InChI is InChI=1S/C17H14F3N3O8S2/c1-10(24)21-11-3-2-4-12(7-11)22-16(25)9-32(28,29)15-6-5-13(8-14(15)23(26)27)33(30,31)17(18,19)20/h2-8H,9H2,1H3,(H,21,24)(H,22,25). The Hall–Kier alpha value is -3.53. The summed E-state index contributed by atoms with van der Waals surface area (Å²) in [6.45, 7) is 1.23. The van der Waals surface area contributed by atoms with Gasteiger partial charge in [-0.1, -0.05) is 6.07 Å². The van der Waals surface area contributed by atoms with Gasteiger partial charge in [0, 0.05) is 24.4 Å². The molecule has 0 aromatic heterocycles. The molecule has 0 heterocycles. The van der Waals surface area contributed by atoms with Crippen LogP contribution in [0.25, 0.3) is 0 Å². The highest BCUT2D eigenvalue weighted by Gasteiger charge is 2.47. The van der Waals surface area contributed by atoms with Gasteiger partial charge in [-0.05, 0) is 30.3 Å². The molecule has 0 spiro atoms. The smallest absolute Gasteiger partial charge is 0.326 e. The third kappa shape index (κ3) is 6.04. The summed E-state index contributed by atoms with van der Waals surface area (Å²) in [6.07, 6.45) is 0. The number of amides is 2. The number of nitrogens with one attached hydrogen (secondary N) is 2. The minimum atomic E-state index is -5.98. The van der Waals surface area contributed by atoms with E-state index in [1.807, 2.05) is 0 Å². The molecule has 0 bridgehead atoms. The van der Waals surface area contributed by atoms with Gasteiger partial charge in [0.2, 0.25) is 11.8 Å². The van der Waals surface area contributed by atoms with Gasteiger partial charge in [0.1, 0.15) is 10.6 Å². The maximum absolute atomic E-state index is 12.7. The zero-order valence-corrected chi connectivity index (χ0v) is 18.0. The van der Waals surface area contributed by atoms with Crippen molar-refractivity contribution in [2.75, 3.05) is 16.4 Å². The van der Waals surface area contributed by atoms with E-state index in [1.165, 1.54) is 31.2 Å². The van der Waals surface area contributed by atoms with Gasteiger partial charge in [-0.25, -0.2) is 16.8 Å². The van der Waals surface area contributed by atoms with Crippen molar-refractivity contribution in [1.29, 1.82) is 0 Å². The molecule has 178 valence electrons. The van der Waals surface area contributed by atoms with Crippen molar-refractivity contribution in [3.8, 4) is 0 Å². The first-order chi connectivity index (χ1) is 15.0. The van der Waals surface area contributed by atoms with E-state index in [0.29, 0.717) is 6.07 Å². The Morgan fingerprint density at radius 1 is 1.00 bits per heavy atom. The van der Waals surface area contributed by atoms with E-state index in [1.54, 1.807) is 0 Å². The van der Waals surface area contributed by atoms with E-state index in [2.05, 4.69) is 10.6 Å².